The SMILES string of the molecule is COc1c(C)c(C)c(C2(N=C=O)CCC2)c(C)c1Cl. The van der Waals surface area contributed by atoms with Crippen molar-refractivity contribution >= 4 is 17.7 Å². The van der Waals surface area contributed by atoms with E-state index in [0.717, 1.165) is 41.5 Å². The van der Waals surface area contributed by atoms with Crippen molar-refractivity contribution in [1.29, 1.82) is 0 Å². The van der Waals surface area contributed by atoms with Gasteiger partial charge in [0, 0.05) is 0 Å². The van der Waals surface area contributed by atoms with Crippen molar-refractivity contribution in [3.63, 3.8) is 0 Å². The van der Waals surface area contributed by atoms with E-state index in [-0.39, 0.29) is 0 Å². The van der Waals surface area contributed by atoms with E-state index in [0.29, 0.717) is 10.8 Å². The molecule has 1 saturated carbocycles. The Hall–Kier alpha value is -1.31. The van der Waals surface area contributed by atoms with Gasteiger partial charge >= 0.3 is 0 Å². The van der Waals surface area contributed by atoms with Crippen molar-refractivity contribution < 1.29 is 9.53 Å². The number of hydrogen-bond donors (Lipinski definition) is 0. The molecule has 0 bridgehead atoms. The number of isocyanates is 1. The monoisotopic (exact) mass is 279 g/mol. The summed E-state index contributed by atoms with van der Waals surface area (Å²) in [6.45, 7) is 5.99. The highest BCUT2D eigenvalue weighted by Gasteiger charge is 2.42. The van der Waals surface area contributed by atoms with Gasteiger partial charge in [-0.05, 0) is 62.3 Å². The third-order valence-electron chi connectivity index (χ3n) is 4.29. The van der Waals surface area contributed by atoms with Crippen LogP contribution in [0.3, 0.4) is 0 Å². The number of methoxy groups -OCH3 is 1. The van der Waals surface area contributed by atoms with Crippen LogP contribution in [0.15, 0.2) is 4.99 Å². The first kappa shape index (κ1) is 14.1. The van der Waals surface area contributed by atoms with Gasteiger partial charge in [0.2, 0.25) is 6.08 Å². The molecule has 1 aliphatic carbocycles. The second-order valence-electron chi connectivity index (χ2n) is 5.19. The quantitative estimate of drug-likeness (QED) is 0.620. The fourth-order valence-corrected chi connectivity index (χ4v) is 3.35. The lowest BCUT2D eigenvalue weighted by molar-refractivity contribution is 0.253. The Morgan fingerprint density at radius 3 is 2.26 bits per heavy atom. The molecule has 1 aliphatic rings. The summed E-state index contributed by atoms with van der Waals surface area (Å²) in [6.07, 6.45) is 4.57. The molecule has 1 aromatic carbocycles. The maximum Gasteiger partial charge on any atom is 0.235 e. The van der Waals surface area contributed by atoms with Gasteiger partial charge in [0.1, 0.15) is 5.75 Å². The molecule has 1 fully saturated rings. The zero-order valence-corrected chi connectivity index (χ0v) is 12.5. The zero-order chi connectivity index (χ0) is 14.2. The van der Waals surface area contributed by atoms with Crippen LogP contribution in [-0.2, 0) is 10.3 Å². The Balaban J connectivity index is 2.74. The smallest absolute Gasteiger partial charge is 0.235 e. The minimum atomic E-state index is -0.420. The lowest BCUT2D eigenvalue weighted by atomic mass is 9.69. The number of hydrogen-bond acceptors (Lipinski definition) is 3. The van der Waals surface area contributed by atoms with Crippen molar-refractivity contribution in [1.82, 2.24) is 0 Å². The number of ether oxygens (including phenoxy) is 1. The van der Waals surface area contributed by atoms with Gasteiger partial charge in [0.25, 0.3) is 0 Å². The first-order chi connectivity index (χ1) is 8.98. The number of benzene rings is 1. The fraction of sp³-hybridized carbons (Fsp3) is 0.533. The molecule has 1 aromatic rings. The highest BCUT2D eigenvalue weighted by molar-refractivity contribution is 6.33. The maximum atomic E-state index is 10.8. The third kappa shape index (κ3) is 1.98. The highest BCUT2D eigenvalue weighted by Crippen LogP contribution is 2.50. The van der Waals surface area contributed by atoms with Gasteiger partial charge < -0.3 is 4.74 Å². The van der Waals surface area contributed by atoms with Crippen molar-refractivity contribution in [3.8, 4) is 5.75 Å². The molecule has 0 amide bonds. The van der Waals surface area contributed by atoms with Crippen LogP contribution in [0.1, 0.15) is 41.5 Å². The molecular weight excluding hydrogens is 262 g/mol. The van der Waals surface area contributed by atoms with Gasteiger partial charge in [0.05, 0.1) is 17.7 Å². The maximum absolute atomic E-state index is 10.8. The molecule has 0 N–H and O–H groups in total. The molecule has 0 spiro atoms. The summed E-state index contributed by atoms with van der Waals surface area (Å²) in [5, 5.41) is 0.618. The Morgan fingerprint density at radius 1 is 1.21 bits per heavy atom. The Bertz CT molecular complexity index is 541. The molecule has 0 aromatic heterocycles. The van der Waals surface area contributed by atoms with E-state index < -0.39 is 5.54 Å². The Labute approximate surface area is 118 Å². The molecule has 0 unspecified atom stereocenters. The first-order valence-corrected chi connectivity index (χ1v) is 6.79. The van der Waals surface area contributed by atoms with Crippen molar-refractivity contribution in [2.75, 3.05) is 7.11 Å². The van der Waals surface area contributed by atoms with Crippen LogP contribution >= 0.6 is 11.6 Å². The van der Waals surface area contributed by atoms with Crippen LogP contribution in [0.25, 0.3) is 0 Å². The predicted octanol–water partition coefficient (Wildman–Crippen LogP) is 3.99. The van der Waals surface area contributed by atoms with E-state index >= 15 is 0 Å². The number of halogens is 1. The number of rotatable bonds is 3. The largest absolute Gasteiger partial charge is 0.495 e. The van der Waals surface area contributed by atoms with Crippen LogP contribution in [0.5, 0.6) is 5.75 Å². The van der Waals surface area contributed by atoms with E-state index in [1.54, 1.807) is 13.2 Å². The molecule has 0 saturated heterocycles. The van der Waals surface area contributed by atoms with Crippen LogP contribution in [0.2, 0.25) is 5.02 Å². The summed E-state index contributed by atoms with van der Waals surface area (Å²) in [7, 11) is 1.62. The molecule has 0 radical (unpaired) electrons. The Morgan fingerprint density at radius 2 is 1.84 bits per heavy atom. The molecule has 102 valence electrons. The van der Waals surface area contributed by atoms with Crippen molar-refractivity contribution in [3.05, 3.63) is 27.3 Å². The minimum absolute atomic E-state index is 0.420. The topological polar surface area (TPSA) is 38.7 Å². The lowest BCUT2D eigenvalue weighted by Gasteiger charge is -2.40. The molecule has 0 heterocycles. The number of carbonyl (C=O) groups excluding carboxylic acids is 1. The summed E-state index contributed by atoms with van der Waals surface area (Å²) >= 11 is 6.40. The van der Waals surface area contributed by atoms with Crippen LogP contribution in [0, 0.1) is 20.8 Å². The number of nitrogens with zero attached hydrogens (tertiary/aromatic N) is 1. The molecule has 0 atom stereocenters. The molecule has 2 rings (SSSR count). The first-order valence-electron chi connectivity index (χ1n) is 6.41. The highest BCUT2D eigenvalue weighted by atomic mass is 35.5. The van der Waals surface area contributed by atoms with Gasteiger partial charge in [0.15, 0.2) is 0 Å². The number of aliphatic imine (C=N–C) groups is 1. The van der Waals surface area contributed by atoms with Crippen LogP contribution < -0.4 is 4.74 Å². The van der Waals surface area contributed by atoms with Gasteiger partial charge in [-0.1, -0.05) is 11.6 Å². The molecule has 4 heteroatoms. The van der Waals surface area contributed by atoms with E-state index in [9.17, 15) is 4.79 Å². The second kappa shape index (κ2) is 4.99. The van der Waals surface area contributed by atoms with Gasteiger partial charge in [-0.2, -0.15) is 4.99 Å². The Kier molecular flexibility index (Phi) is 3.71. The molecular formula is C15H18ClNO2. The van der Waals surface area contributed by atoms with Crippen LogP contribution in [0.4, 0.5) is 0 Å². The lowest BCUT2D eigenvalue weighted by Crippen LogP contribution is -2.34. The minimum Gasteiger partial charge on any atom is -0.495 e. The van der Waals surface area contributed by atoms with Crippen molar-refractivity contribution in [2.45, 2.75) is 45.6 Å². The van der Waals surface area contributed by atoms with E-state index in [4.69, 9.17) is 16.3 Å². The average molecular weight is 280 g/mol. The molecule has 0 aliphatic heterocycles. The fourth-order valence-electron chi connectivity index (χ4n) is 3.04. The summed E-state index contributed by atoms with van der Waals surface area (Å²) in [5.41, 5.74) is 3.74. The summed E-state index contributed by atoms with van der Waals surface area (Å²) in [5.74, 6) is 0.713. The average Bonchev–Trinajstić information content (AvgIpc) is 2.34. The standard InChI is InChI=1S/C15H18ClNO2/c1-9-10(2)14(19-4)13(16)11(3)12(9)15(17-8-18)6-5-7-15/h5-7H2,1-4H3. The summed E-state index contributed by atoms with van der Waals surface area (Å²) in [4.78, 5) is 14.8. The molecule has 19 heavy (non-hydrogen) atoms. The normalized spacial score (nSPS) is 16.5. The predicted molar refractivity (Wildman–Crippen MR) is 75.9 cm³/mol. The van der Waals surface area contributed by atoms with Gasteiger partial charge in [-0.25, -0.2) is 4.79 Å². The van der Waals surface area contributed by atoms with E-state index in [1.165, 1.54) is 0 Å². The van der Waals surface area contributed by atoms with Gasteiger partial charge in [-0.15, -0.1) is 0 Å². The van der Waals surface area contributed by atoms with E-state index in [2.05, 4.69) is 4.99 Å². The van der Waals surface area contributed by atoms with Crippen LogP contribution in [-0.4, -0.2) is 13.2 Å². The second-order valence-corrected chi connectivity index (χ2v) is 5.56. The zero-order valence-electron chi connectivity index (χ0n) is 11.8. The van der Waals surface area contributed by atoms with Crippen molar-refractivity contribution in [2.24, 2.45) is 4.99 Å². The summed E-state index contributed by atoms with van der Waals surface area (Å²) in [6, 6.07) is 0. The molecule has 3 nitrogen and oxygen atoms in total. The van der Waals surface area contributed by atoms with Gasteiger partial charge in [-0.3, -0.25) is 0 Å². The van der Waals surface area contributed by atoms with E-state index in [1.807, 2.05) is 20.8 Å². The summed E-state index contributed by atoms with van der Waals surface area (Å²) < 4.78 is 5.38. The third-order valence-corrected chi connectivity index (χ3v) is 4.75.